The van der Waals surface area contributed by atoms with E-state index in [2.05, 4.69) is 32.9 Å². The molecule has 13 heavy (non-hydrogen) atoms. The van der Waals surface area contributed by atoms with Crippen LogP contribution in [0.2, 0.25) is 0 Å². The molecule has 0 bridgehead atoms. The molecule has 2 aliphatic rings. The number of hydrogen-bond acceptors (Lipinski definition) is 1. The first-order valence-electron chi connectivity index (χ1n) is 4.55. The lowest BCUT2D eigenvalue weighted by Gasteiger charge is -2.18. The SMILES string of the molecule is CC(C)(C)c1coc2cccc-2c1. The molecule has 0 saturated heterocycles. The summed E-state index contributed by atoms with van der Waals surface area (Å²) in [5, 5.41) is 0. The minimum atomic E-state index is 0.162. The molecule has 0 spiro atoms. The van der Waals surface area contributed by atoms with Gasteiger partial charge in [0.15, 0.2) is 0 Å². The van der Waals surface area contributed by atoms with Crippen LogP contribution >= 0.6 is 0 Å². The zero-order valence-corrected chi connectivity index (χ0v) is 8.29. The third-order valence-electron chi connectivity index (χ3n) is 2.30. The van der Waals surface area contributed by atoms with Crippen LogP contribution in [0.3, 0.4) is 0 Å². The normalized spacial score (nSPS) is 12.2. The Bertz CT molecular complexity index is 379. The van der Waals surface area contributed by atoms with Gasteiger partial charge < -0.3 is 4.42 Å². The summed E-state index contributed by atoms with van der Waals surface area (Å²) in [7, 11) is 0. The molecule has 1 heterocycles. The number of hydrogen-bond donors (Lipinski definition) is 0. The summed E-state index contributed by atoms with van der Waals surface area (Å²) in [6.07, 6.45) is 1.85. The van der Waals surface area contributed by atoms with Crippen LogP contribution in [-0.2, 0) is 5.41 Å². The van der Waals surface area contributed by atoms with Gasteiger partial charge in [-0.25, -0.2) is 0 Å². The third-order valence-corrected chi connectivity index (χ3v) is 2.30. The fraction of sp³-hybridized carbons (Fsp3) is 0.333. The van der Waals surface area contributed by atoms with Crippen LogP contribution in [0.15, 0.2) is 34.9 Å². The molecule has 1 aliphatic heterocycles. The van der Waals surface area contributed by atoms with E-state index in [9.17, 15) is 0 Å². The lowest BCUT2D eigenvalue weighted by molar-refractivity contribution is 0.514. The predicted octanol–water partition coefficient (Wildman–Crippen LogP) is 3.68. The summed E-state index contributed by atoms with van der Waals surface area (Å²) in [6, 6.07) is 8.27. The topological polar surface area (TPSA) is 13.1 Å². The molecule has 0 fully saturated rings. The van der Waals surface area contributed by atoms with Crippen LogP contribution in [0.4, 0.5) is 0 Å². The molecular weight excluding hydrogens is 160 g/mol. The van der Waals surface area contributed by atoms with Crippen molar-refractivity contribution < 1.29 is 4.42 Å². The van der Waals surface area contributed by atoms with Crippen molar-refractivity contribution in [2.45, 2.75) is 26.2 Å². The Kier molecular flexibility index (Phi) is 1.69. The van der Waals surface area contributed by atoms with E-state index in [0.717, 1.165) is 5.76 Å². The van der Waals surface area contributed by atoms with Crippen LogP contribution in [0, 0.1) is 0 Å². The second kappa shape index (κ2) is 2.63. The molecule has 68 valence electrons. The molecule has 0 aromatic carbocycles. The molecule has 1 nitrogen and oxygen atoms in total. The molecule has 0 aromatic rings. The molecule has 0 atom stereocenters. The van der Waals surface area contributed by atoms with Crippen molar-refractivity contribution in [2.24, 2.45) is 0 Å². The molecule has 0 radical (unpaired) electrons. The molecule has 0 N–H and O–H groups in total. The second-order valence-electron chi connectivity index (χ2n) is 4.43. The van der Waals surface area contributed by atoms with Crippen molar-refractivity contribution >= 4 is 0 Å². The smallest absolute Gasteiger partial charge is 0.133 e. The molecule has 1 aliphatic carbocycles. The van der Waals surface area contributed by atoms with Gasteiger partial charge in [0.05, 0.1) is 6.26 Å². The average Bonchev–Trinajstić information content (AvgIpc) is 2.47. The average molecular weight is 174 g/mol. The van der Waals surface area contributed by atoms with E-state index >= 15 is 0 Å². The van der Waals surface area contributed by atoms with Gasteiger partial charge in [-0.2, -0.15) is 0 Å². The van der Waals surface area contributed by atoms with Gasteiger partial charge >= 0.3 is 0 Å². The van der Waals surface area contributed by atoms with Crippen molar-refractivity contribution in [2.75, 3.05) is 0 Å². The standard InChI is InChI=1S/C12H14O/c1-12(2,3)10-7-9-5-4-6-11(9)13-8-10/h4-8H,1-3H3. The zero-order valence-electron chi connectivity index (χ0n) is 8.29. The molecule has 0 saturated carbocycles. The molecule has 0 amide bonds. The Morgan fingerprint density at radius 2 is 1.92 bits per heavy atom. The van der Waals surface area contributed by atoms with E-state index in [4.69, 9.17) is 4.42 Å². The van der Waals surface area contributed by atoms with Crippen LogP contribution in [0.5, 0.6) is 0 Å². The Labute approximate surface area is 78.7 Å². The highest BCUT2D eigenvalue weighted by atomic mass is 16.3. The van der Waals surface area contributed by atoms with Gasteiger partial charge in [0, 0.05) is 5.56 Å². The Hall–Kier alpha value is -1.24. The number of fused-ring (bicyclic) bond motifs is 1. The van der Waals surface area contributed by atoms with Gasteiger partial charge in [-0.3, -0.25) is 0 Å². The minimum Gasteiger partial charge on any atom is -0.464 e. The van der Waals surface area contributed by atoms with Crippen LogP contribution in [-0.4, -0.2) is 0 Å². The maximum absolute atomic E-state index is 5.51. The lowest BCUT2D eigenvalue weighted by Crippen LogP contribution is -2.10. The van der Waals surface area contributed by atoms with E-state index in [1.807, 2.05) is 18.4 Å². The maximum Gasteiger partial charge on any atom is 0.133 e. The molecule has 0 aromatic heterocycles. The zero-order chi connectivity index (χ0) is 9.47. The highest BCUT2D eigenvalue weighted by Crippen LogP contribution is 2.29. The third kappa shape index (κ3) is 1.46. The summed E-state index contributed by atoms with van der Waals surface area (Å²) < 4.78 is 5.51. The quantitative estimate of drug-likeness (QED) is 0.593. The van der Waals surface area contributed by atoms with Crippen molar-refractivity contribution in [1.29, 1.82) is 0 Å². The Morgan fingerprint density at radius 3 is 2.62 bits per heavy atom. The largest absolute Gasteiger partial charge is 0.464 e. The van der Waals surface area contributed by atoms with Crippen molar-refractivity contribution in [3.05, 3.63) is 36.1 Å². The van der Waals surface area contributed by atoms with Crippen molar-refractivity contribution in [3.8, 4) is 11.3 Å². The van der Waals surface area contributed by atoms with Crippen LogP contribution in [0.1, 0.15) is 26.3 Å². The fourth-order valence-electron chi connectivity index (χ4n) is 1.37. The summed E-state index contributed by atoms with van der Waals surface area (Å²) in [6.45, 7) is 6.56. The van der Waals surface area contributed by atoms with E-state index in [1.54, 1.807) is 0 Å². The fourth-order valence-corrected chi connectivity index (χ4v) is 1.37. The van der Waals surface area contributed by atoms with Gasteiger partial charge in [0.1, 0.15) is 5.76 Å². The van der Waals surface area contributed by atoms with Crippen LogP contribution < -0.4 is 0 Å². The predicted molar refractivity (Wildman–Crippen MR) is 54.0 cm³/mol. The van der Waals surface area contributed by atoms with E-state index < -0.39 is 0 Å². The van der Waals surface area contributed by atoms with Gasteiger partial charge in [-0.1, -0.05) is 32.9 Å². The Morgan fingerprint density at radius 1 is 1.15 bits per heavy atom. The van der Waals surface area contributed by atoms with E-state index in [0.29, 0.717) is 0 Å². The summed E-state index contributed by atoms with van der Waals surface area (Å²) in [4.78, 5) is 0. The summed E-state index contributed by atoms with van der Waals surface area (Å²) >= 11 is 0. The van der Waals surface area contributed by atoms with Gasteiger partial charge in [0.25, 0.3) is 0 Å². The first kappa shape index (κ1) is 8.36. The van der Waals surface area contributed by atoms with Gasteiger partial charge in [-0.15, -0.1) is 0 Å². The lowest BCUT2D eigenvalue weighted by atomic mass is 9.88. The molecular formula is C12H14O. The first-order chi connectivity index (χ1) is 6.07. The van der Waals surface area contributed by atoms with Gasteiger partial charge in [0.2, 0.25) is 0 Å². The van der Waals surface area contributed by atoms with Crippen molar-refractivity contribution in [1.82, 2.24) is 0 Å². The molecule has 0 unspecified atom stereocenters. The first-order valence-corrected chi connectivity index (χ1v) is 4.55. The second-order valence-corrected chi connectivity index (χ2v) is 4.43. The molecule has 1 heteroatoms. The number of rotatable bonds is 0. The minimum absolute atomic E-state index is 0.162. The van der Waals surface area contributed by atoms with E-state index in [-0.39, 0.29) is 5.41 Å². The van der Waals surface area contributed by atoms with E-state index in [1.165, 1.54) is 11.1 Å². The highest BCUT2D eigenvalue weighted by molar-refractivity contribution is 5.61. The summed E-state index contributed by atoms with van der Waals surface area (Å²) in [5.74, 6) is 0.966. The van der Waals surface area contributed by atoms with Gasteiger partial charge in [-0.05, 0) is 23.1 Å². The van der Waals surface area contributed by atoms with Crippen molar-refractivity contribution in [3.63, 3.8) is 0 Å². The van der Waals surface area contributed by atoms with Crippen LogP contribution in [0.25, 0.3) is 11.3 Å². The maximum atomic E-state index is 5.51. The molecule has 2 rings (SSSR count). The summed E-state index contributed by atoms with van der Waals surface area (Å²) in [5.41, 5.74) is 2.59. The Balaban J connectivity index is 2.56. The monoisotopic (exact) mass is 174 g/mol. The highest BCUT2D eigenvalue weighted by Gasteiger charge is 2.16.